The normalized spacial score (nSPS) is 17.7. The average molecular weight is 1350 g/mol. The third-order valence-corrected chi connectivity index (χ3v) is 22.5. The van der Waals surface area contributed by atoms with Gasteiger partial charge in [-0.3, -0.25) is 0 Å². The molecule has 2 unspecified atom stereocenters. The summed E-state index contributed by atoms with van der Waals surface area (Å²) in [5.41, 5.74) is 24.1. The Morgan fingerprint density at radius 2 is 0.476 bits per heavy atom. The summed E-state index contributed by atoms with van der Waals surface area (Å²) in [6.07, 6.45) is 3.56. The van der Waals surface area contributed by atoms with E-state index in [0.29, 0.717) is 0 Å². The average Bonchev–Trinajstić information content (AvgIpc) is 1.53. The third-order valence-electron chi connectivity index (χ3n) is 22.5. The van der Waals surface area contributed by atoms with E-state index < -0.39 is 52.5 Å². The van der Waals surface area contributed by atoms with Crippen LogP contribution in [0.1, 0.15) is 91.6 Å². The molecule has 1 spiro atoms. The summed E-state index contributed by atoms with van der Waals surface area (Å²) < 4.78 is 94.8. The molecule has 16 aromatic rings. The van der Waals surface area contributed by atoms with Crippen molar-refractivity contribution >= 4 is 46.3 Å². The molecule has 4 aliphatic rings. The highest BCUT2D eigenvalue weighted by molar-refractivity contribution is 5.99. The number of hydrogen-bond acceptors (Lipinski definition) is 2. The number of anilines is 6. The Morgan fingerprint density at radius 1 is 0.219 bits per heavy atom. The van der Waals surface area contributed by atoms with Crippen LogP contribution in [0.3, 0.4) is 0 Å². The van der Waals surface area contributed by atoms with Gasteiger partial charge in [0.1, 0.15) is 0 Å². The van der Waals surface area contributed by atoms with Crippen molar-refractivity contribution in [2.45, 2.75) is 16.2 Å². The van der Waals surface area contributed by atoms with Crippen LogP contribution in [-0.4, -0.2) is 0 Å². The molecule has 0 saturated carbocycles. The first kappa shape index (κ1) is 51.7. The molecule has 2 atom stereocenters. The maximum absolute atomic E-state index is 9.94. The predicted molar refractivity (Wildman–Crippen MR) is 438 cm³/mol. The summed E-state index contributed by atoms with van der Waals surface area (Å²) in [5.74, 6) is 0. The second-order valence-electron chi connectivity index (χ2n) is 27.5. The minimum atomic E-state index is -1.43. The van der Waals surface area contributed by atoms with Crippen molar-refractivity contribution < 1.29 is 13.7 Å². The van der Waals surface area contributed by atoms with Gasteiger partial charge < -0.3 is 9.80 Å². The van der Waals surface area contributed by atoms with Crippen LogP contribution in [0.4, 0.5) is 34.1 Å². The van der Waals surface area contributed by atoms with Gasteiger partial charge in [0.2, 0.25) is 0 Å². The van der Waals surface area contributed by atoms with Gasteiger partial charge in [0, 0.05) is 34.1 Å². The van der Waals surface area contributed by atoms with Crippen molar-refractivity contribution in [1.29, 1.82) is 0 Å². The van der Waals surface area contributed by atoms with Crippen LogP contribution in [0.25, 0.3) is 78.9 Å². The molecule has 2 nitrogen and oxygen atoms in total. The zero-order valence-corrected chi connectivity index (χ0v) is 57.1. The molecule has 20 rings (SSSR count). The monoisotopic (exact) mass is 1340 g/mol. The highest BCUT2D eigenvalue weighted by Gasteiger charge is 2.53. The molecule has 2 heteroatoms. The summed E-state index contributed by atoms with van der Waals surface area (Å²) in [4.78, 5) is 4.59. The van der Waals surface area contributed by atoms with Gasteiger partial charge in [-0.15, -0.1) is 0 Å². The lowest BCUT2D eigenvalue weighted by molar-refractivity contribution is 0.768. The second kappa shape index (κ2) is 24.4. The molecule has 105 heavy (non-hydrogen) atoms. The standard InChI is InChI=1S/C103H70N2/c1-3-69-41-49-77(50-42-69)101(75-29-13-7-14-30-75)93-37-21-17-33-85(93)89-61-57-81(65-97(89)101)104(79-53-45-73(46-54-79)71-25-9-5-10-26-71)83-59-63-91-87-35-19-23-39-95(87)103(99(91)67-83)96-40-24-20-36-88(96)92-64-60-84(68-100(92)103)105(80-55-47-74(48-56-80)72-27-11-6-12-28-72)82-58-62-90-86-34-18-22-38-94(86)102(98(90)66-82,76-31-15-8-16-32-76)78-51-43-70(4-2)44-52-78/h3-68H,1-2H2/i7D,8D,13D,14D,15D,16D,29D,30D,31D,32D. The van der Waals surface area contributed by atoms with Crippen LogP contribution in [0.15, 0.2) is 401 Å². The SMILES string of the molecule is [2H]c1c([2H])c([2H])c(C2(c3ccc(C=C)cc3)c3ccccc3-c3ccc(N(c4ccc(-c5ccccc5)cc4)c4ccc5c(c4)C4(c6ccccc6-5)c5ccccc5-c5ccc(N(c6ccc(-c7ccccc7)cc6)c6ccc7c(c6)C(c6ccc(C=C)cc6)(c6c([2H])c([2H])c([2H])c([2H])c6[2H])c6ccccc6-7)cc54)cc32)c([2H])c1[2H]. The molecule has 0 N–H and O–H groups in total. The maximum Gasteiger partial charge on any atom is 0.0727 e. The molecule has 0 saturated heterocycles. The Morgan fingerprint density at radius 3 is 0.790 bits per heavy atom. The lowest BCUT2D eigenvalue weighted by Crippen LogP contribution is -2.29. The number of fused-ring (bicyclic) bond motifs is 16. The lowest BCUT2D eigenvalue weighted by atomic mass is 9.67. The first-order chi connectivity index (χ1) is 56.1. The zero-order valence-electron chi connectivity index (χ0n) is 67.1. The molecule has 4 aliphatic carbocycles. The van der Waals surface area contributed by atoms with E-state index >= 15 is 0 Å². The van der Waals surface area contributed by atoms with E-state index in [1.165, 1.54) is 0 Å². The molecule has 16 aromatic carbocycles. The smallest absolute Gasteiger partial charge is 0.0727 e. The quantitative estimate of drug-likeness (QED) is 0.107. The fraction of sp³-hybridized carbons (Fsp3) is 0.0291. The van der Waals surface area contributed by atoms with Crippen molar-refractivity contribution in [1.82, 2.24) is 0 Å². The Balaban J connectivity index is 0.829. The summed E-state index contributed by atoms with van der Waals surface area (Å²) in [7, 11) is 0. The first-order valence-corrected chi connectivity index (χ1v) is 35.6. The minimum Gasteiger partial charge on any atom is -0.310 e. The van der Waals surface area contributed by atoms with E-state index in [-0.39, 0.29) is 35.3 Å². The van der Waals surface area contributed by atoms with Crippen LogP contribution in [0.5, 0.6) is 0 Å². The van der Waals surface area contributed by atoms with E-state index in [0.717, 1.165) is 168 Å². The van der Waals surface area contributed by atoms with Gasteiger partial charge >= 0.3 is 0 Å². The molecule has 0 bridgehead atoms. The van der Waals surface area contributed by atoms with Gasteiger partial charge in [-0.05, 0) is 217 Å². The molecule has 492 valence electrons. The molecule has 0 radical (unpaired) electrons. The molecular weight excluding hydrogens is 1270 g/mol. The van der Waals surface area contributed by atoms with E-state index in [1.54, 1.807) is 12.2 Å². The highest BCUT2D eigenvalue weighted by atomic mass is 15.1. The first-order valence-electron chi connectivity index (χ1n) is 40.6. The van der Waals surface area contributed by atoms with Crippen LogP contribution < -0.4 is 9.80 Å². The van der Waals surface area contributed by atoms with Crippen molar-refractivity contribution in [2.24, 2.45) is 0 Å². The summed E-state index contributed by atoms with van der Waals surface area (Å²) in [6.45, 7) is 8.18. The fourth-order valence-electron chi connectivity index (χ4n) is 18.0. The Labute approximate surface area is 628 Å². The molecule has 0 heterocycles. The Bertz CT molecular complexity index is 6290. The summed E-state index contributed by atoms with van der Waals surface area (Å²) in [6, 6.07) is 110. The number of rotatable bonds is 14. The van der Waals surface area contributed by atoms with Crippen molar-refractivity contribution in [2.75, 3.05) is 9.80 Å². The fourth-order valence-corrected chi connectivity index (χ4v) is 18.0. The van der Waals surface area contributed by atoms with Crippen molar-refractivity contribution in [3.63, 3.8) is 0 Å². The minimum absolute atomic E-state index is 0.155. The van der Waals surface area contributed by atoms with Crippen LogP contribution in [0.2, 0.25) is 0 Å². The number of nitrogens with zero attached hydrogens (tertiary/aromatic N) is 2. The van der Waals surface area contributed by atoms with E-state index in [1.807, 2.05) is 121 Å². The van der Waals surface area contributed by atoms with E-state index in [2.05, 4.69) is 229 Å². The Kier molecular flexibility index (Phi) is 12.0. The largest absolute Gasteiger partial charge is 0.310 e. The van der Waals surface area contributed by atoms with Gasteiger partial charge in [-0.2, -0.15) is 0 Å². The van der Waals surface area contributed by atoms with E-state index in [9.17, 15) is 11.0 Å². The summed E-state index contributed by atoms with van der Waals surface area (Å²) in [5, 5.41) is 0. The molecule has 0 amide bonds. The van der Waals surface area contributed by atoms with Crippen LogP contribution in [0, 0.1) is 0 Å². The molecule has 0 aliphatic heterocycles. The molecular formula is C103H70N2. The predicted octanol–water partition coefficient (Wildman–Crippen LogP) is 26.3. The topological polar surface area (TPSA) is 6.48 Å². The zero-order chi connectivity index (χ0) is 78.5. The third kappa shape index (κ3) is 9.16. The summed E-state index contributed by atoms with van der Waals surface area (Å²) >= 11 is 0. The van der Waals surface area contributed by atoms with Crippen LogP contribution >= 0.6 is 0 Å². The van der Waals surface area contributed by atoms with Gasteiger partial charge in [-0.1, -0.05) is 341 Å². The highest BCUT2D eigenvalue weighted by Crippen LogP contribution is 2.66. The van der Waals surface area contributed by atoms with Gasteiger partial charge in [0.05, 0.1) is 30.0 Å². The van der Waals surface area contributed by atoms with Crippen molar-refractivity contribution in [3.05, 3.63) is 479 Å². The number of benzene rings is 16. The lowest BCUT2D eigenvalue weighted by Gasteiger charge is -2.35. The van der Waals surface area contributed by atoms with Crippen LogP contribution in [-0.2, 0) is 16.2 Å². The second-order valence-corrected chi connectivity index (χ2v) is 27.5. The maximum atomic E-state index is 9.94. The van der Waals surface area contributed by atoms with Gasteiger partial charge in [-0.25, -0.2) is 0 Å². The van der Waals surface area contributed by atoms with Gasteiger partial charge in [0.15, 0.2) is 0 Å². The molecule has 0 fully saturated rings. The Hall–Kier alpha value is -13.4. The molecule has 0 aromatic heterocycles. The van der Waals surface area contributed by atoms with Crippen molar-refractivity contribution in [3.8, 4) is 66.8 Å². The van der Waals surface area contributed by atoms with E-state index in [4.69, 9.17) is 2.74 Å². The number of hydrogen-bond donors (Lipinski definition) is 0. The van der Waals surface area contributed by atoms with Gasteiger partial charge in [0.25, 0.3) is 0 Å².